The van der Waals surface area contributed by atoms with Crippen LogP contribution in [0.5, 0.6) is 11.5 Å². The summed E-state index contributed by atoms with van der Waals surface area (Å²) in [6.45, 7) is 1.52. The van der Waals surface area contributed by atoms with Crippen LogP contribution in [0, 0.1) is 0 Å². The molecule has 6 heteroatoms. The van der Waals surface area contributed by atoms with Gasteiger partial charge in [0, 0.05) is 6.54 Å². The lowest BCUT2D eigenvalue weighted by Crippen LogP contribution is -3.00. The highest BCUT2D eigenvalue weighted by Gasteiger charge is 2.04. The van der Waals surface area contributed by atoms with Crippen LogP contribution in [-0.4, -0.2) is 31.8 Å². The fourth-order valence-electron chi connectivity index (χ4n) is 2.27. The van der Waals surface area contributed by atoms with E-state index in [0.717, 1.165) is 35.6 Å². The molecule has 0 aliphatic heterocycles. The highest BCUT2D eigenvalue weighted by molar-refractivity contribution is 5.87. The number of benzene rings is 2. The first-order valence-electron chi connectivity index (χ1n) is 7.38. The zero-order valence-corrected chi connectivity index (χ0v) is 14.5. The van der Waals surface area contributed by atoms with Crippen LogP contribution in [0.1, 0.15) is 21.5 Å². The molecule has 0 spiro atoms. The van der Waals surface area contributed by atoms with Crippen LogP contribution in [0.4, 0.5) is 0 Å². The number of carbonyl (C=O) groups is 1. The Morgan fingerprint density at radius 1 is 1.00 bits per heavy atom. The van der Waals surface area contributed by atoms with E-state index in [-0.39, 0.29) is 12.4 Å². The largest absolute Gasteiger partial charge is 1.00 e. The lowest BCUT2D eigenvalue weighted by atomic mass is 10.1. The molecular formula is C18H21ClNO4-. The first-order valence-corrected chi connectivity index (χ1v) is 7.38. The summed E-state index contributed by atoms with van der Waals surface area (Å²) in [5.74, 6) is 0.551. The Morgan fingerprint density at radius 2 is 1.62 bits per heavy atom. The Labute approximate surface area is 148 Å². The van der Waals surface area contributed by atoms with Gasteiger partial charge in [0.05, 0.1) is 19.8 Å². The predicted molar refractivity (Wildman–Crippen MR) is 88.4 cm³/mol. The number of hydrogen-bond donors (Lipinski definition) is 2. The molecule has 5 nitrogen and oxygen atoms in total. The Bertz CT molecular complexity index is 659. The number of carboxylic acids is 1. The maximum Gasteiger partial charge on any atom is 0.335 e. The van der Waals surface area contributed by atoms with Crippen molar-refractivity contribution in [1.29, 1.82) is 0 Å². The molecule has 0 radical (unpaired) electrons. The minimum Gasteiger partial charge on any atom is -1.00 e. The van der Waals surface area contributed by atoms with Gasteiger partial charge in [0.2, 0.25) is 0 Å². The second kappa shape index (κ2) is 9.80. The number of ether oxygens (including phenoxy) is 2. The van der Waals surface area contributed by atoms with Crippen LogP contribution in [0.2, 0.25) is 0 Å². The van der Waals surface area contributed by atoms with E-state index in [1.54, 1.807) is 26.4 Å². The van der Waals surface area contributed by atoms with Gasteiger partial charge in [0.1, 0.15) is 0 Å². The molecule has 2 N–H and O–H groups in total. The number of nitrogens with one attached hydrogen (secondary N) is 1. The van der Waals surface area contributed by atoms with Gasteiger partial charge in [0.25, 0.3) is 0 Å². The fraction of sp³-hybridized carbons (Fsp3) is 0.278. The van der Waals surface area contributed by atoms with Crippen molar-refractivity contribution in [2.45, 2.75) is 13.0 Å². The molecule has 130 valence electrons. The highest BCUT2D eigenvalue weighted by Crippen LogP contribution is 2.27. The van der Waals surface area contributed by atoms with Gasteiger partial charge in [-0.2, -0.15) is 0 Å². The number of aromatic carboxylic acids is 1. The second-order valence-corrected chi connectivity index (χ2v) is 5.12. The number of halogens is 1. The van der Waals surface area contributed by atoms with E-state index < -0.39 is 5.97 Å². The van der Waals surface area contributed by atoms with Crippen molar-refractivity contribution in [3.63, 3.8) is 0 Å². The molecular weight excluding hydrogens is 330 g/mol. The Kier molecular flexibility index (Phi) is 8.09. The number of methoxy groups -OCH3 is 2. The van der Waals surface area contributed by atoms with Gasteiger partial charge in [0.15, 0.2) is 11.5 Å². The lowest BCUT2D eigenvalue weighted by Gasteiger charge is -2.10. The van der Waals surface area contributed by atoms with Crippen LogP contribution < -0.4 is 27.2 Å². The van der Waals surface area contributed by atoms with Gasteiger partial charge in [-0.3, -0.25) is 0 Å². The van der Waals surface area contributed by atoms with Crippen LogP contribution in [0.25, 0.3) is 0 Å². The van der Waals surface area contributed by atoms with Crippen molar-refractivity contribution in [2.75, 3.05) is 20.8 Å². The van der Waals surface area contributed by atoms with E-state index >= 15 is 0 Å². The molecule has 0 bridgehead atoms. The third-order valence-corrected chi connectivity index (χ3v) is 3.57. The first kappa shape index (κ1) is 19.8. The maximum absolute atomic E-state index is 10.8. The molecule has 0 heterocycles. The molecule has 0 atom stereocenters. The Morgan fingerprint density at radius 3 is 2.21 bits per heavy atom. The molecule has 0 fully saturated rings. The normalized spacial score (nSPS) is 9.92. The SMILES string of the molecule is COc1ccc(CCNCc2ccc(C(=O)O)cc2)cc1OC.[Cl-]. The average Bonchev–Trinajstić information content (AvgIpc) is 2.58. The van der Waals surface area contributed by atoms with E-state index in [1.807, 2.05) is 30.3 Å². The van der Waals surface area contributed by atoms with E-state index in [2.05, 4.69) is 5.32 Å². The van der Waals surface area contributed by atoms with Gasteiger partial charge in [-0.05, 0) is 48.4 Å². The molecule has 0 aromatic heterocycles. The third kappa shape index (κ3) is 5.44. The molecule has 0 saturated carbocycles. The third-order valence-electron chi connectivity index (χ3n) is 3.57. The molecule has 0 unspecified atom stereocenters. The number of carboxylic acid groups (broad SMARTS) is 1. The molecule has 24 heavy (non-hydrogen) atoms. The van der Waals surface area contributed by atoms with Gasteiger partial charge in [-0.25, -0.2) is 4.79 Å². The van der Waals surface area contributed by atoms with Crippen molar-refractivity contribution < 1.29 is 31.8 Å². The van der Waals surface area contributed by atoms with Gasteiger partial charge < -0.3 is 32.3 Å². The zero-order chi connectivity index (χ0) is 16.7. The van der Waals surface area contributed by atoms with Crippen LogP contribution >= 0.6 is 0 Å². The van der Waals surface area contributed by atoms with Crippen molar-refractivity contribution in [2.24, 2.45) is 0 Å². The maximum atomic E-state index is 10.8. The van der Waals surface area contributed by atoms with E-state index in [4.69, 9.17) is 14.6 Å². The number of rotatable bonds is 8. The summed E-state index contributed by atoms with van der Waals surface area (Å²) in [6.07, 6.45) is 0.869. The summed E-state index contributed by atoms with van der Waals surface area (Å²) in [6, 6.07) is 12.8. The summed E-state index contributed by atoms with van der Waals surface area (Å²) in [5.41, 5.74) is 2.53. The molecule has 2 aromatic rings. The second-order valence-electron chi connectivity index (χ2n) is 5.12. The topological polar surface area (TPSA) is 67.8 Å². The van der Waals surface area contributed by atoms with Crippen molar-refractivity contribution in [3.05, 3.63) is 59.2 Å². The summed E-state index contributed by atoms with van der Waals surface area (Å²) in [5, 5.41) is 12.2. The molecule has 0 saturated heterocycles. The summed E-state index contributed by atoms with van der Waals surface area (Å²) >= 11 is 0. The minimum absolute atomic E-state index is 0. The zero-order valence-electron chi connectivity index (χ0n) is 13.7. The summed E-state index contributed by atoms with van der Waals surface area (Å²) < 4.78 is 10.5. The average molecular weight is 351 g/mol. The molecule has 0 amide bonds. The lowest BCUT2D eigenvalue weighted by molar-refractivity contribution is -0.0000208. The van der Waals surface area contributed by atoms with E-state index in [9.17, 15) is 4.79 Å². The number of hydrogen-bond acceptors (Lipinski definition) is 4. The van der Waals surface area contributed by atoms with Gasteiger partial charge in [-0.15, -0.1) is 0 Å². The molecule has 0 aliphatic rings. The van der Waals surface area contributed by atoms with Crippen LogP contribution in [0.15, 0.2) is 42.5 Å². The van der Waals surface area contributed by atoms with Crippen molar-refractivity contribution in [3.8, 4) is 11.5 Å². The van der Waals surface area contributed by atoms with Crippen molar-refractivity contribution >= 4 is 5.97 Å². The van der Waals surface area contributed by atoms with Crippen LogP contribution in [0.3, 0.4) is 0 Å². The Balaban J connectivity index is 0.00000288. The fourth-order valence-corrected chi connectivity index (χ4v) is 2.27. The quantitative estimate of drug-likeness (QED) is 0.642. The standard InChI is InChI=1S/C18H21NO4.ClH/c1-22-16-8-5-13(11-17(16)23-2)9-10-19-12-14-3-6-15(7-4-14)18(20)21;/h3-8,11,19H,9-10,12H2,1-2H3,(H,20,21);1H/p-1. The van der Waals surface area contributed by atoms with Crippen molar-refractivity contribution in [1.82, 2.24) is 5.32 Å². The summed E-state index contributed by atoms with van der Waals surface area (Å²) in [4.78, 5) is 10.8. The van der Waals surface area contributed by atoms with Gasteiger partial charge >= 0.3 is 5.97 Å². The minimum atomic E-state index is -0.905. The van der Waals surface area contributed by atoms with Crippen LogP contribution in [-0.2, 0) is 13.0 Å². The van der Waals surface area contributed by atoms with E-state index in [1.165, 1.54) is 0 Å². The predicted octanol–water partition coefficient (Wildman–Crippen LogP) is -0.262. The molecule has 2 aromatic carbocycles. The smallest absolute Gasteiger partial charge is 0.335 e. The van der Waals surface area contributed by atoms with E-state index in [0.29, 0.717) is 12.1 Å². The molecule has 0 aliphatic carbocycles. The summed E-state index contributed by atoms with van der Waals surface area (Å²) in [7, 11) is 3.25. The monoisotopic (exact) mass is 350 g/mol. The van der Waals surface area contributed by atoms with Gasteiger partial charge in [-0.1, -0.05) is 18.2 Å². The highest BCUT2D eigenvalue weighted by atomic mass is 35.5. The first-order chi connectivity index (χ1) is 11.1. The Hall–Kier alpha value is -2.24. The molecule has 2 rings (SSSR count).